The van der Waals surface area contributed by atoms with Crippen molar-refractivity contribution in [1.29, 1.82) is 0 Å². The van der Waals surface area contributed by atoms with Crippen LogP contribution in [-0.4, -0.2) is 12.1 Å². The fourth-order valence-electron chi connectivity index (χ4n) is 3.37. The smallest absolute Gasteiger partial charge is 0.334 e. The summed E-state index contributed by atoms with van der Waals surface area (Å²) in [6.07, 6.45) is 10.0. The highest BCUT2D eigenvalue weighted by Crippen LogP contribution is 2.46. The van der Waals surface area contributed by atoms with Crippen molar-refractivity contribution < 1.29 is 9.53 Å². The summed E-state index contributed by atoms with van der Waals surface area (Å²) in [6, 6.07) is 0. The number of hydrogen-bond donors (Lipinski definition) is 0. The molecule has 0 radical (unpaired) electrons. The first-order valence-electron chi connectivity index (χ1n) is 7.46. The molecule has 18 heavy (non-hydrogen) atoms. The summed E-state index contributed by atoms with van der Waals surface area (Å²) >= 11 is 0. The van der Waals surface area contributed by atoms with Crippen molar-refractivity contribution in [1.82, 2.24) is 0 Å². The van der Waals surface area contributed by atoms with E-state index in [1.807, 2.05) is 6.92 Å². The van der Waals surface area contributed by atoms with Crippen molar-refractivity contribution in [2.45, 2.75) is 78.2 Å². The van der Waals surface area contributed by atoms with Gasteiger partial charge in [0.1, 0.15) is 6.10 Å². The number of esters is 1. The Hall–Kier alpha value is -0.790. The maximum absolute atomic E-state index is 11.6. The Kier molecular flexibility index (Phi) is 4.14. The zero-order valence-electron chi connectivity index (χ0n) is 12.1. The molecule has 0 bridgehead atoms. The van der Waals surface area contributed by atoms with Crippen LogP contribution in [0.3, 0.4) is 0 Å². The summed E-state index contributed by atoms with van der Waals surface area (Å²) in [7, 11) is 0. The minimum Gasteiger partial charge on any atom is -0.454 e. The normalized spacial score (nSPS) is 31.5. The summed E-state index contributed by atoms with van der Waals surface area (Å²) < 4.78 is 5.49. The summed E-state index contributed by atoms with van der Waals surface area (Å²) in [5, 5.41) is 0. The van der Waals surface area contributed by atoms with Gasteiger partial charge in [-0.2, -0.15) is 0 Å². The van der Waals surface area contributed by atoms with E-state index in [1.54, 1.807) is 0 Å². The molecule has 102 valence electrons. The lowest BCUT2D eigenvalue weighted by atomic mass is 9.69. The lowest BCUT2D eigenvalue weighted by Crippen LogP contribution is -2.30. The topological polar surface area (TPSA) is 26.3 Å². The Morgan fingerprint density at radius 1 is 1.33 bits per heavy atom. The predicted molar refractivity (Wildman–Crippen MR) is 73.3 cm³/mol. The van der Waals surface area contributed by atoms with Gasteiger partial charge in [0.15, 0.2) is 0 Å². The van der Waals surface area contributed by atoms with Crippen LogP contribution in [0.5, 0.6) is 0 Å². The van der Waals surface area contributed by atoms with Crippen LogP contribution in [-0.2, 0) is 9.53 Å². The third-order valence-corrected chi connectivity index (χ3v) is 4.74. The van der Waals surface area contributed by atoms with E-state index in [0.717, 1.165) is 18.4 Å². The predicted octanol–water partition coefficient (Wildman–Crippen LogP) is 4.39. The highest BCUT2D eigenvalue weighted by molar-refractivity contribution is 5.91. The average Bonchev–Trinajstić information content (AvgIpc) is 2.60. The lowest BCUT2D eigenvalue weighted by molar-refractivity contribution is -0.141. The third-order valence-electron chi connectivity index (χ3n) is 4.74. The van der Waals surface area contributed by atoms with Crippen LogP contribution >= 0.6 is 0 Å². The monoisotopic (exact) mass is 250 g/mol. The quantitative estimate of drug-likeness (QED) is 0.534. The third kappa shape index (κ3) is 2.78. The second-order valence-corrected chi connectivity index (χ2v) is 6.37. The molecule has 0 aromatic carbocycles. The molecule has 1 aliphatic carbocycles. The minimum atomic E-state index is -0.0785. The molecular weight excluding hydrogens is 224 g/mol. The van der Waals surface area contributed by atoms with E-state index in [0.29, 0.717) is 5.41 Å². The maximum atomic E-state index is 11.6. The van der Waals surface area contributed by atoms with Gasteiger partial charge in [-0.05, 0) is 43.6 Å². The van der Waals surface area contributed by atoms with Crippen LogP contribution in [0.4, 0.5) is 0 Å². The fraction of sp³-hybridized carbons (Fsp3) is 0.812. The van der Waals surface area contributed by atoms with E-state index >= 15 is 0 Å². The second kappa shape index (κ2) is 5.46. The van der Waals surface area contributed by atoms with Crippen LogP contribution in [0.25, 0.3) is 0 Å². The van der Waals surface area contributed by atoms with Crippen molar-refractivity contribution >= 4 is 5.97 Å². The lowest BCUT2D eigenvalue weighted by Gasteiger charge is -2.37. The van der Waals surface area contributed by atoms with E-state index in [4.69, 9.17) is 4.74 Å². The van der Waals surface area contributed by atoms with Gasteiger partial charge in [0.05, 0.1) is 0 Å². The fourth-order valence-corrected chi connectivity index (χ4v) is 3.37. The molecule has 0 aromatic rings. The molecule has 1 fully saturated rings. The van der Waals surface area contributed by atoms with Gasteiger partial charge in [-0.15, -0.1) is 0 Å². The van der Waals surface area contributed by atoms with E-state index in [9.17, 15) is 4.79 Å². The summed E-state index contributed by atoms with van der Waals surface area (Å²) in [5.41, 5.74) is 2.55. The highest BCUT2D eigenvalue weighted by Gasteiger charge is 2.41. The van der Waals surface area contributed by atoms with Crippen molar-refractivity contribution in [3.05, 3.63) is 11.1 Å². The number of carbonyl (C=O) groups is 1. The van der Waals surface area contributed by atoms with Crippen LogP contribution in [0.15, 0.2) is 11.1 Å². The van der Waals surface area contributed by atoms with Gasteiger partial charge in [-0.25, -0.2) is 4.79 Å². The first-order valence-corrected chi connectivity index (χ1v) is 7.46. The Balaban J connectivity index is 1.89. The van der Waals surface area contributed by atoms with E-state index in [1.165, 1.54) is 44.1 Å². The zero-order valence-corrected chi connectivity index (χ0v) is 12.1. The van der Waals surface area contributed by atoms with E-state index in [-0.39, 0.29) is 12.1 Å². The SMILES string of the molecule is CCCCCCC1(C)CCC2=C(C)C(=O)OC2C1. The van der Waals surface area contributed by atoms with E-state index < -0.39 is 0 Å². The Bertz CT molecular complexity index is 356. The van der Waals surface area contributed by atoms with Crippen molar-refractivity contribution in [2.75, 3.05) is 0 Å². The van der Waals surface area contributed by atoms with Crippen LogP contribution < -0.4 is 0 Å². The molecule has 1 aliphatic heterocycles. The van der Waals surface area contributed by atoms with Gasteiger partial charge in [0.2, 0.25) is 0 Å². The molecule has 2 heteroatoms. The highest BCUT2D eigenvalue weighted by atomic mass is 16.5. The molecule has 2 atom stereocenters. The largest absolute Gasteiger partial charge is 0.454 e. The summed E-state index contributed by atoms with van der Waals surface area (Å²) in [6.45, 7) is 6.54. The Morgan fingerprint density at radius 2 is 2.11 bits per heavy atom. The standard InChI is InChI=1S/C16H26O2/c1-4-5-6-7-9-16(3)10-8-13-12(2)15(17)18-14(13)11-16/h14H,4-11H2,1-3H3. The van der Waals surface area contributed by atoms with Crippen LogP contribution in [0.2, 0.25) is 0 Å². The first-order chi connectivity index (χ1) is 8.56. The van der Waals surface area contributed by atoms with Crippen LogP contribution in [0.1, 0.15) is 72.1 Å². The van der Waals surface area contributed by atoms with Crippen molar-refractivity contribution in [3.8, 4) is 0 Å². The van der Waals surface area contributed by atoms with Gasteiger partial charge >= 0.3 is 5.97 Å². The van der Waals surface area contributed by atoms with Gasteiger partial charge in [0.25, 0.3) is 0 Å². The maximum Gasteiger partial charge on any atom is 0.334 e. The van der Waals surface area contributed by atoms with Gasteiger partial charge in [-0.1, -0.05) is 39.5 Å². The number of rotatable bonds is 5. The van der Waals surface area contributed by atoms with E-state index in [2.05, 4.69) is 13.8 Å². The Labute approximate surface area is 111 Å². The number of unbranched alkanes of at least 4 members (excludes halogenated alkanes) is 3. The molecule has 2 unspecified atom stereocenters. The number of hydrogen-bond acceptors (Lipinski definition) is 2. The molecule has 0 N–H and O–H groups in total. The van der Waals surface area contributed by atoms with Crippen molar-refractivity contribution in [2.24, 2.45) is 5.41 Å². The number of ether oxygens (including phenoxy) is 1. The minimum absolute atomic E-state index is 0.0785. The summed E-state index contributed by atoms with van der Waals surface area (Å²) in [5.74, 6) is -0.0785. The number of carbonyl (C=O) groups excluding carboxylic acids is 1. The second-order valence-electron chi connectivity index (χ2n) is 6.37. The van der Waals surface area contributed by atoms with Crippen molar-refractivity contribution in [3.63, 3.8) is 0 Å². The molecule has 1 saturated carbocycles. The first kappa shape index (κ1) is 13.6. The molecule has 0 amide bonds. The molecular formula is C16H26O2. The molecule has 2 aliphatic rings. The molecule has 0 aromatic heterocycles. The van der Waals surface area contributed by atoms with Gasteiger partial charge < -0.3 is 4.74 Å². The molecule has 0 spiro atoms. The molecule has 2 rings (SSSR count). The number of fused-ring (bicyclic) bond motifs is 1. The average molecular weight is 250 g/mol. The van der Waals surface area contributed by atoms with Gasteiger partial charge in [-0.3, -0.25) is 0 Å². The van der Waals surface area contributed by atoms with Gasteiger partial charge in [0, 0.05) is 5.57 Å². The Morgan fingerprint density at radius 3 is 2.83 bits per heavy atom. The molecule has 1 heterocycles. The van der Waals surface area contributed by atoms with Crippen LogP contribution in [0, 0.1) is 5.41 Å². The molecule has 2 nitrogen and oxygen atoms in total. The summed E-state index contributed by atoms with van der Waals surface area (Å²) in [4.78, 5) is 11.6. The molecule has 0 saturated heterocycles. The zero-order chi connectivity index (χ0) is 13.2.